The molecular weight excluding hydrogens is 420 g/mol. The number of hydrazone groups is 1. The first kappa shape index (κ1) is 21.7. The third kappa shape index (κ3) is 6.25. The molecule has 0 saturated carbocycles. The van der Waals surface area contributed by atoms with E-state index in [1.165, 1.54) is 25.3 Å². The van der Waals surface area contributed by atoms with Gasteiger partial charge in [-0.05, 0) is 66.2 Å². The molecule has 0 radical (unpaired) electrons. The highest BCUT2D eigenvalue weighted by Crippen LogP contribution is 2.21. The Labute approximate surface area is 183 Å². The summed E-state index contributed by atoms with van der Waals surface area (Å²) in [7, 11) is 0. The van der Waals surface area contributed by atoms with Crippen LogP contribution in [-0.4, -0.2) is 24.1 Å². The average molecular weight is 437 g/mol. The third-order valence-corrected chi connectivity index (χ3v) is 4.19. The van der Waals surface area contributed by atoms with Crippen molar-refractivity contribution in [1.82, 2.24) is 5.43 Å². The first-order valence-corrected chi connectivity index (χ1v) is 9.49. The first-order chi connectivity index (χ1) is 14.9. The number of carbonyl (C=O) groups is 3. The van der Waals surface area contributed by atoms with Crippen molar-refractivity contribution < 1.29 is 23.9 Å². The van der Waals surface area contributed by atoms with Gasteiger partial charge in [-0.2, -0.15) is 5.10 Å². The highest BCUT2D eigenvalue weighted by Gasteiger charge is 2.15. The molecule has 0 aliphatic rings. The van der Waals surface area contributed by atoms with E-state index in [9.17, 15) is 14.4 Å². The number of benzene rings is 3. The zero-order chi connectivity index (χ0) is 22.2. The molecule has 0 fully saturated rings. The number of halogens is 1. The lowest BCUT2D eigenvalue weighted by molar-refractivity contribution is -0.131. The van der Waals surface area contributed by atoms with E-state index in [0.717, 1.165) is 0 Å². The normalized spacial score (nSPS) is 10.5. The molecule has 7 nitrogen and oxygen atoms in total. The fraction of sp³-hybridized carbons (Fsp3) is 0.0435. The molecule has 31 heavy (non-hydrogen) atoms. The number of hydrogen-bond acceptors (Lipinski definition) is 6. The number of amides is 1. The Morgan fingerprint density at radius 3 is 2.26 bits per heavy atom. The zero-order valence-electron chi connectivity index (χ0n) is 16.4. The Morgan fingerprint density at radius 1 is 0.903 bits per heavy atom. The van der Waals surface area contributed by atoms with E-state index in [-0.39, 0.29) is 17.2 Å². The van der Waals surface area contributed by atoms with Crippen LogP contribution >= 0.6 is 11.6 Å². The molecule has 1 amide bonds. The number of rotatable bonds is 6. The van der Waals surface area contributed by atoms with Crippen molar-refractivity contribution in [1.29, 1.82) is 0 Å². The minimum atomic E-state index is -0.659. The van der Waals surface area contributed by atoms with Crippen molar-refractivity contribution in [2.75, 3.05) is 0 Å². The summed E-state index contributed by atoms with van der Waals surface area (Å²) in [6, 6.07) is 19.2. The van der Waals surface area contributed by atoms with Crippen molar-refractivity contribution in [2.45, 2.75) is 6.92 Å². The fourth-order valence-electron chi connectivity index (χ4n) is 2.49. The SMILES string of the molecule is CC(=O)Oc1ccccc1C(=O)Oc1ccc(/C=N/NC(=O)c2ccc(Cl)cc2)cc1. The van der Waals surface area contributed by atoms with E-state index in [4.69, 9.17) is 21.1 Å². The minimum Gasteiger partial charge on any atom is -0.426 e. The van der Waals surface area contributed by atoms with Crippen LogP contribution in [0.2, 0.25) is 5.02 Å². The van der Waals surface area contributed by atoms with Gasteiger partial charge in [0, 0.05) is 17.5 Å². The number of nitrogens with zero attached hydrogens (tertiary/aromatic N) is 1. The molecule has 3 rings (SSSR count). The Kier molecular flexibility index (Phi) is 7.13. The second-order valence-electron chi connectivity index (χ2n) is 6.25. The topological polar surface area (TPSA) is 94.1 Å². The number of para-hydroxylation sites is 1. The molecule has 0 aromatic heterocycles. The van der Waals surface area contributed by atoms with Crippen LogP contribution in [0.15, 0.2) is 77.9 Å². The van der Waals surface area contributed by atoms with Crippen LogP contribution < -0.4 is 14.9 Å². The van der Waals surface area contributed by atoms with Gasteiger partial charge in [0.2, 0.25) is 0 Å². The molecule has 0 unspecified atom stereocenters. The quantitative estimate of drug-likeness (QED) is 0.270. The van der Waals surface area contributed by atoms with Gasteiger partial charge < -0.3 is 9.47 Å². The van der Waals surface area contributed by atoms with Crippen LogP contribution in [-0.2, 0) is 4.79 Å². The lowest BCUT2D eigenvalue weighted by atomic mass is 10.2. The van der Waals surface area contributed by atoms with Gasteiger partial charge in [0.25, 0.3) is 5.91 Å². The van der Waals surface area contributed by atoms with Gasteiger partial charge in [0.15, 0.2) is 0 Å². The van der Waals surface area contributed by atoms with Crippen LogP contribution in [0.3, 0.4) is 0 Å². The Hall–Kier alpha value is -3.97. The highest BCUT2D eigenvalue weighted by molar-refractivity contribution is 6.30. The summed E-state index contributed by atoms with van der Waals surface area (Å²) in [5, 5.41) is 4.44. The van der Waals surface area contributed by atoms with Crippen LogP contribution in [0, 0.1) is 0 Å². The summed E-state index contributed by atoms with van der Waals surface area (Å²) < 4.78 is 10.4. The maximum Gasteiger partial charge on any atom is 0.347 e. The monoisotopic (exact) mass is 436 g/mol. The molecule has 0 saturated heterocycles. The molecular formula is C23H17ClN2O5. The van der Waals surface area contributed by atoms with Crippen molar-refractivity contribution in [3.63, 3.8) is 0 Å². The van der Waals surface area contributed by atoms with E-state index in [0.29, 0.717) is 21.9 Å². The smallest absolute Gasteiger partial charge is 0.347 e. The van der Waals surface area contributed by atoms with Gasteiger partial charge in [-0.15, -0.1) is 0 Å². The maximum atomic E-state index is 12.4. The highest BCUT2D eigenvalue weighted by atomic mass is 35.5. The third-order valence-electron chi connectivity index (χ3n) is 3.94. The van der Waals surface area contributed by atoms with E-state index >= 15 is 0 Å². The van der Waals surface area contributed by atoms with Gasteiger partial charge in [0.05, 0.1) is 6.21 Å². The Bertz CT molecular complexity index is 1130. The van der Waals surface area contributed by atoms with Crippen LogP contribution in [0.4, 0.5) is 0 Å². The zero-order valence-corrected chi connectivity index (χ0v) is 17.1. The van der Waals surface area contributed by atoms with Gasteiger partial charge in [-0.1, -0.05) is 23.7 Å². The molecule has 3 aromatic rings. The van der Waals surface area contributed by atoms with Gasteiger partial charge >= 0.3 is 11.9 Å². The molecule has 1 N–H and O–H groups in total. The van der Waals surface area contributed by atoms with E-state index in [2.05, 4.69) is 10.5 Å². The summed E-state index contributed by atoms with van der Waals surface area (Å²) in [5.41, 5.74) is 3.66. The lowest BCUT2D eigenvalue weighted by Gasteiger charge is -2.08. The van der Waals surface area contributed by atoms with Crippen molar-refractivity contribution in [3.05, 3.63) is 94.5 Å². The Morgan fingerprint density at radius 2 is 1.58 bits per heavy atom. The summed E-state index contributed by atoms with van der Waals surface area (Å²) in [4.78, 5) is 35.6. The molecule has 0 aliphatic heterocycles. The number of esters is 2. The maximum absolute atomic E-state index is 12.4. The first-order valence-electron chi connectivity index (χ1n) is 9.11. The fourth-order valence-corrected chi connectivity index (χ4v) is 2.62. The van der Waals surface area contributed by atoms with Gasteiger partial charge in [0.1, 0.15) is 17.1 Å². The number of carbonyl (C=O) groups excluding carboxylic acids is 3. The van der Waals surface area contributed by atoms with E-state index in [1.54, 1.807) is 60.7 Å². The predicted octanol–water partition coefficient (Wildman–Crippen LogP) is 4.25. The second-order valence-corrected chi connectivity index (χ2v) is 6.69. The van der Waals surface area contributed by atoms with Gasteiger partial charge in [-0.3, -0.25) is 9.59 Å². The number of hydrogen-bond donors (Lipinski definition) is 1. The van der Waals surface area contributed by atoms with Gasteiger partial charge in [-0.25, -0.2) is 10.2 Å². The molecule has 0 spiro atoms. The standard InChI is InChI=1S/C23H17ClN2O5/c1-15(27)30-21-5-3-2-4-20(21)23(29)31-19-12-6-16(7-13-19)14-25-26-22(28)17-8-10-18(24)11-9-17/h2-14H,1H3,(H,26,28)/b25-14+. The van der Waals surface area contributed by atoms with E-state index < -0.39 is 11.9 Å². The predicted molar refractivity (Wildman–Crippen MR) is 116 cm³/mol. The lowest BCUT2D eigenvalue weighted by Crippen LogP contribution is -2.17. The summed E-state index contributed by atoms with van der Waals surface area (Å²) in [5.74, 6) is -1.14. The molecule has 0 aliphatic carbocycles. The summed E-state index contributed by atoms with van der Waals surface area (Å²) >= 11 is 5.79. The molecule has 0 heterocycles. The molecule has 8 heteroatoms. The molecule has 0 bridgehead atoms. The van der Waals surface area contributed by atoms with Crippen LogP contribution in [0.25, 0.3) is 0 Å². The number of ether oxygens (including phenoxy) is 2. The summed E-state index contributed by atoms with van der Waals surface area (Å²) in [6.45, 7) is 1.25. The second kappa shape index (κ2) is 10.2. The van der Waals surface area contributed by atoms with Crippen molar-refractivity contribution >= 4 is 35.7 Å². The molecule has 3 aromatic carbocycles. The van der Waals surface area contributed by atoms with Crippen LogP contribution in [0.5, 0.6) is 11.5 Å². The summed E-state index contributed by atoms with van der Waals surface area (Å²) in [6.07, 6.45) is 1.45. The van der Waals surface area contributed by atoms with E-state index in [1.807, 2.05) is 0 Å². The van der Waals surface area contributed by atoms with Crippen LogP contribution in [0.1, 0.15) is 33.2 Å². The molecule has 156 valence electrons. The minimum absolute atomic E-state index is 0.125. The number of nitrogens with one attached hydrogen (secondary N) is 1. The largest absolute Gasteiger partial charge is 0.426 e. The average Bonchev–Trinajstić information content (AvgIpc) is 2.75. The van der Waals surface area contributed by atoms with Crippen molar-refractivity contribution in [3.8, 4) is 11.5 Å². The van der Waals surface area contributed by atoms with Crippen molar-refractivity contribution in [2.24, 2.45) is 5.10 Å². The molecule has 0 atom stereocenters. The Balaban J connectivity index is 1.59.